The van der Waals surface area contributed by atoms with E-state index in [0.29, 0.717) is 5.92 Å². The third kappa shape index (κ3) is 2.11. The maximum atomic E-state index is 13.2. The van der Waals surface area contributed by atoms with Crippen molar-refractivity contribution in [2.24, 2.45) is 0 Å². The molecule has 1 aliphatic heterocycles. The van der Waals surface area contributed by atoms with Gasteiger partial charge in [-0.1, -0.05) is 12.1 Å². The highest BCUT2D eigenvalue weighted by atomic mass is 19.1. The third-order valence-electron chi connectivity index (χ3n) is 3.14. The number of aromatic nitrogens is 2. The third-order valence-corrected chi connectivity index (χ3v) is 3.14. The van der Waals surface area contributed by atoms with Crippen molar-refractivity contribution in [3.8, 4) is 11.3 Å². The number of nitrogens with one attached hydrogen (secondary N) is 1. The Morgan fingerprint density at radius 1 is 1.22 bits per heavy atom. The molecular weight excluding hydrogens is 229 g/mol. The van der Waals surface area contributed by atoms with E-state index >= 15 is 0 Å². The number of hydrogen-bond acceptors (Lipinski definition) is 3. The van der Waals surface area contributed by atoms with Gasteiger partial charge in [0, 0.05) is 30.3 Å². The van der Waals surface area contributed by atoms with E-state index in [2.05, 4.69) is 15.3 Å². The molecule has 3 rings (SSSR count). The highest BCUT2D eigenvalue weighted by molar-refractivity contribution is 5.59. The zero-order valence-electron chi connectivity index (χ0n) is 10.2. The van der Waals surface area contributed by atoms with E-state index in [1.54, 1.807) is 6.07 Å². The van der Waals surface area contributed by atoms with Crippen molar-refractivity contribution < 1.29 is 4.39 Å². The minimum absolute atomic E-state index is 0.240. The highest BCUT2D eigenvalue weighted by Gasteiger charge is 2.22. The lowest BCUT2D eigenvalue weighted by Gasteiger charge is -2.26. The summed E-state index contributed by atoms with van der Waals surface area (Å²) in [5, 5.41) is 3.21. The topological polar surface area (TPSA) is 37.8 Å². The lowest BCUT2D eigenvalue weighted by molar-refractivity contribution is 0.429. The van der Waals surface area contributed by atoms with E-state index in [9.17, 15) is 4.39 Å². The van der Waals surface area contributed by atoms with Gasteiger partial charge in [-0.2, -0.15) is 0 Å². The van der Waals surface area contributed by atoms with Crippen molar-refractivity contribution in [2.45, 2.75) is 12.8 Å². The zero-order valence-corrected chi connectivity index (χ0v) is 10.2. The molecule has 1 fully saturated rings. The second-order valence-electron chi connectivity index (χ2n) is 4.62. The minimum atomic E-state index is -0.240. The number of hydrogen-bond donors (Lipinski definition) is 1. The van der Waals surface area contributed by atoms with Crippen molar-refractivity contribution in [3.63, 3.8) is 0 Å². The molecule has 0 atom stereocenters. The average molecular weight is 243 g/mol. The fourth-order valence-corrected chi connectivity index (χ4v) is 2.04. The second-order valence-corrected chi connectivity index (χ2v) is 4.62. The van der Waals surface area contributed by atoms with Gasteiger partial charge in [-0.3, -0.25) is 0 Å². The molecule has 0 radical (unpaired) electrons. The van der Waals surface area contributed by atoms with E-state index < -0.39 is 0 Å². The molecule has 3 nitrogen and oxygen atoms in total. The molecule has 0 bridgehead atoms. The Labute approximate surface area is 105 Å². The van der Waals surface area contributed by atoms with Gasteiger partial charge in [0.05, 0.1) is 5.69 Å². The van der Waals surface area contributed by atoms with Crippen LogP contribution in [0.1, 0.15) is 17.4 Å². The monoisotopic (exact) mass is 243 g/mol. The summed E-state index contributed by atoms with van der Waals surface area (Å²) in [6, 6.07) is 8.41. The molecule has 2 heterocycles. The second kappa shape index (κ2) is 4.46. The number of rotatable bonds is 2. The lowest BCUT2D eigenvalue weighted by atomic mass is 10.0. The summed E-state index contributed by atoms with van der Waals surface area (Å²) < 4.78 is 13.2. The van der Waals surface area contributed by atoms with Crippen molar-refractivity contribution in [1.29, 1.82) is 0 Å². The van der Waals surface area contributed by atoms with Gasteiger partial charge in [-0.05, 0) is 25.1 Å². The van der Waals surface area contributed by atoms with Crippen LogP contribution in [0.4, 0.5) is 4.39 Å². The number of benzene rings is 1. The fraction of sp³-hybridized carbons (Fsp3) is 0.286. The number of nitrogens with zero attached hydrogens (tertiary/aromatic N) is 2. The summed E-state index contributed by atoms with van der Waals surface area (Å²) in [5.41, 5.74) is 2.52. The van der Waals surface area contributed by atoms with Crippen molar-refractivity contribution in [3.05, 3.63) is 47.7 Å². The van der Waals surface area contributed by atoms with Gasteiger partial charge in [-0.15, -0.1) is 0 Å². The van der Waals surface area contributed by atoms with Crippen molar-refractivity contribution in [1.82, 2.24) is 15.3 Å². The lowest BCUT2D eigenvalue weighted by Crippen LogP contribution is -2.41. The van der Waals surface area contributed by atoms with Crippen LogP contribution in [0.25, 0.3) is 11.3 Å². The average Bonchev–Trinajstić information content (AvgIpc) is 2.26. The fourth-order valence-electron chi connectivity index (χ4n) is 2.04. The van der Waals surface area contributed by atoms with Gasteiger partial charge in [-0.25, -0.2) is 14.4 Å². The zero-order chi connectivity index (χ0) is 12.5. The van der Waals surface area contributed by atoms with Crippen LogP contribution in [0.2, 0.25) is 0 Å². The van der Waals surface area contributed by atoms with E-state index in [1.807, 2.05) is 19.1 Å². The SMILES string of the molecule is Cc1cc(-c2cccc(F)c2)nc(C2CNC2)n1. The van der Waals surface area contributed by atoms with Gasteiger partial charge in [0.25, 0.3) is 0 Å². The standard InChI is InChI=1S/C14H14FN3/c1-9-5-13(10-3-2-4-12(15)6-10)18-14(17-9)11-7-16-8-11/h2-6,11,16H,7-8H2,1H3. The molecule has 0 saturated carbocycles. The van der Waals surface area contributed by atoms with E-state index in [1.165, 1.54) is 12.1 Å². The van der Waals surface area contributed by atoms with Crippen LogP contribution in [-0.4, -0.2) is 23.1 Å². The summed E-state index contributed by atoms with van der Waals surface area (Å²) in [4.78, 5) is 9.01. The maximum absolute atomic E-state index is 13.2. The molecule has 1 N–H and O–H groups in total. The first-order valence-electron chi connectivity index (χ1n) is 6.04. The van der Waals surface area contributed by atoms with Gasteiger partial charge in [0.1, 0.15) is 11.6 Å². The van der Waals surface area contributed by atoms with Crippen LogP contribution >= 0.6 is 0 Å². The molecule has 1 aliphatic rings. The van der Waals surface area contributed by atoms with Gasteiger partial charge < -0.3 is 5.32 Å². The summed E-state index contributed by atoms with van der Waals surface area (Å²) in [6.45, 7) is 3.79. The first-order chi connectivity index (χ1) is 8.72. The first kappa shape index (κ1) is 11.3. The highest BCUT2D eigenvalue weighted by Crippen LogP contribution is 2.22. The molecule has 2 aromatic rings. The Kier molecular flexibility index (Phi) is 2.80. The molecule has 1 aromatic carbocycles. The summed E-state index contributed by atoms with van der Waals surface area (Å²) >= 11 is 0. The van der Waals surface area contributed by atoms with Crippen LogP contribution in [0.3, 0.4) is 0 Å². The molecular formula is C14H14FN3. The van der Waals surface area contributed by atoms with Crippen LogP contribution in [0.15, 0.2) is 30.3 Å². The maximum Gasteiger partial charge on any atom is 0.134 e. The Balaban J connectivity index is 2.03. The molecule has 0 aliphatic carbocycles. The molecule has 1 saturated heterocycles. The Morgan fingerprint density at radius 3 is 2.72 bits per heavy atom. The molecule has 0 unspecified atom stereocenters. The van der Waals surface area contributed by atoms with Crippen LogP contribution < -0.4 is 5.32 Å². The molecule has 18 heavy (non-hydrogen) atoms. The molecule has 0 spiro atoms. The number of aryl methyl sites for hydroxylation is 1. The van der Waals surface area contributed by atoms with Crippen LogP contribution in [-0.2, 0) is 0 Å². The van der Waals surface area contributed by atoms with E-state index in [4.69, 9.17) is 0 Å². The van der Waals surface area contributed by atoms with Gasteiger partial charge >= 0.3 is 0 Å². The van der Waals surface area contributed by atoms with Gasteiger partial charge in [0.15, 0.2) is 0 Å². The van der Waals surface area contributed by atoms with Crippen LogP contribution in [0.5, 0.6) is 0 Å². The van der Waals surface area contributed by atoms with E-state index in [-0.39, 0.29) is 5.82 Å². The Morgan fingerprint density at radius 2 is 2.06 bits per heavy atom. The minimum Gasteiger partial charge on any atom is -0.315 e. The molecule has 0 amide bonds. The van der Waals surface area contributed by atoms with Gasteiger partial charge in [0.2, 0.25) is 0 Å². The molecule has 92 valence electrons. The van der Waals surface area contributed by atoms with E-state index in [0.717, 1.165) is 35.9 Å². The molecule has 1 aromatic heterocycles. The largest absolute Gasteiger partial charge is 0.315 e. The van der Waals surface area contributed by atoms with Crippen molar-refractivity contribution in [2.75, 3.05) is 13.1 Å². The first-order valence-corrected chi connectivity index (χ1v) is 6.04. The Bertz CT molecular complexity index is 579. The predicted octanol–water partition coefficient (Wildman–Crippen LogP) is 2.28. The summed E-state index contributed by atoms with van der Waals surface area (Å²) in [6.07, 6.45) is 0. The molecule has 4 heteroatoms. The summed E-state index contributed by atoms with van der Waals surface area (Å²) in [5.74, 6) is 1.00. The normalized spacial score (nSPS) is 15.4. The smallest absolute Gasteiger partial charge is 0.134 e. The summed E-state index contributed by atoms with van der Waals surface area (Å²) in [7, 11) is 0. The Hall–Kier alpha value is -1.81. The predicted molar refractivity (Wildman–Crippen MR) is 67.8 cm³/mol. The van der Waals surface area contributed by atoms with Crippen LogP contribution in [0, 0.1) is 12.7 Å². The van der Waals surface area contributed by atoms with Crippen molar-refractivity contribution >= 4 is 0 Å². The number of halogens is 1. The quantitative estimate of drug-likeness (QED) is 0.879.